The zero-order chi connectivity index (χ0) is 14.8. The Labute approximate surface area is 128 Å². The van der Waals surface area contributed by atoms with Crippen LogP contribution in [0.3, 0.4) is 0 Å². The Morgan fingerprint density at radius 2 is 2.29 bits per heavy atom. The highest BCUT2D eigenvalue weighted by Gasteiger charge is 2.24. The maximum Gasteiger partial charge on any atom is 0.291 e. The molecule has 2 aromatic heterocycles. The van der Waals surface area contributed by atoms with Gasteiger partial charge in [-0.25, -0.2) is 4.68 Å². The highest BCUT2D eigenvalue weighted by Crippen LogP contribution is 2.30. The van der Waals surface area contributed by atoms with Gasteiger partial charge < -0.3 is 5.32 Å². The largest absolute Gasteiger partial charge is 0.373 e. The van der Waals surface area contributed by atoms with Crippen molar-refractivity contribution in [3.05, 3.63) is 51.7 Å². The fourth-order valence-corrected chi connectivity index (χ4v) is 2.39. The minimum atomic E-state index is -0.162. The summed E-state index contributed by atoms with van der Waals surface area (Å²) in [5.74, 6) is 0.583. The normalized spacial score (nSPS) is 15.7. The Kier molecular flexibility index (Phi) is 3.92. The third kappa shape index (κ3) is 3.24. The van der Waals surface area contributed by atoms with Crippen LogP contribution in [0.2, 0.25) is 5.02 Å². The van der Waals surface area contributed by atoms with Gasteiger partial charge in [0.15, 0.2) is 0 Å². The summed E-state index contributed by atoms with van der Waals surface area (Å²) in [4.78, 5) is 16.5. The average Bonchev–Trinajstić information content (AvgIpc) is 3.31. The molecule has 1 aliphatic carbocycles. The van der Waals surface area contributed by atoms with E-state index in [4.69, 9.17) is 11.6 Å². The summed E-state index contributed by atoms with van der Waals surface area (Å²) >= 11 is 6.13. The average molecular weight is 305 g/mol. The van der Waals surface area contributed by atoms with Crippen molar-refractivity contribution in [3.63, 3.8) is 0 Å². The molecule has 1 saturated carbocycles. The summed E-state index contributed by atoms with van der Waals surface area (Å²) in [6.07, 6.45) is 7.37. The van der Waals surface area contributed by atoms with Crippen LogP contribution in [0.15, 0.2) is 35.5 Å². The molecule has 3 rings (SSSR count). The van der Waals surface area contributed by atoms with E-state index in [1.54, 1.807) is 12.4 Å². The van der Waals surface area contributed by atoms with E-state index < -0.39 is 0 Å². The van der Waals surface area contributed by atoms with E-state index in [0.29, 0.717) is 23.2 Å². The molecule has 1 aliphatic rings. The van der Waals surface area contributed by atoms with Gasteiger partial charge in [-0.1, -0.05) is 17.7 Å². The zero-order valence-corrected chi connectivity index (χ0v) is 12.5. The van der Waals surface area contributed by atoms with Gasteiger partial charge >= 0.3 is 0 Å². The van der Waals surface area contributed by atoms with Gasteiger partial charge in [-0.3, -0.25) is 9.78 Å². The number of rotatable bonds is 5. The van der Waals surface area contributed by atoms with Crippen LogP contribution in [-0.4, -0.2) is 14.8 Å². The maximum atomic E-state index is 12.5. The van der Waals surface area contributed by atoms with Crippen LogP contribution in [0, 0.1) is 5.92 Å². The third-order valence-electron chi connectivity index (χ3n) is 3.67. The second kappa shape index (κ2) is 5.85. The molecule has 1 unspecified atom stereocenters. The molecule has 21 heavy (non-hydrogen) atoms. The lowest BCUT2D eigenvalue weighted by atomic mass is 10.1. The summed E-state index contributed by atoms with van der Waals surface area (Å²) in [7, 11) is 0. The first-order chi connectivity index (χ1) is 10.1. The maximum absolute atomic E-state index is 12.5. The van der Waals surface area contributed by atoms with Gasteiger partial charge in [-0.05, 0) is 37.3 Å². The lowest BCUT2D eigenvalue weighted by Crippen LogP contribution is -2.27. The lowest BCUT2D eigenvalue weighted by molar-refractivity contribution is 0.534. The van der Waals surface area contributed by atoms with Crippen LogP contribution < -0.4 is 10.9 Å². The zero-order valence-electron chi connectivity index (χ0n) is 11.8. The van der Waals surface area contributed by atoms with Crippen LogP contribution >= 0.6 is 11.6 Å². The Bertz CT molecular complexity index is 682. The summed E-state index contributed by atoms with van der Waals surface area (Å²) in [6, 6.07) is 3.77. The van der Waals surface area contributed by atoms with Crippen molar-refractivity contribution in [1.29, 1.82) is 0 Å². The van der Waals surface area contributed by atoms with Crippen LogP contribution in [0.5, 0.6) is 0 Å². The van der Waals surface area contributed by atoms with Gasteiger partial charge in [0.05, 0.1) is 17.3 Å². The molecule has 1 N–H and O–H groups in total. The first-order valence-electron chi connectivity index (χ1n) is 7.07. The van der Waals surface area contributed by atoms with Gasteiger partial charge in [0.2, 0.25) is 0 Å². The molecule has 2 aromatic rings. The van der Waals surface area contributed by atoms with E-state index in [1.807, 2.05) is 19.1 Å². The second-order valence-corrected chi connectivity index (χ2v) is 5.86. The van der Waals surface area contributed by atoms with Crippen LogP contribution in [0.1, 0.15) is 31.4 Å². The van der Waals surface area contributed by atoms with E-state index >= 15 is 0 Å². The Balaban J connectivity index is 1.85. The fraction of sp³-hybridized carbons (Fsp3) is 0.400. The predicted octanol–water partition coefficient (Wildman–Crippen LogP) is 2.87. The Morgan fingerprint density at radius 1 is 1.48 bits per heavy atom. The Hall–Kier alpha value is -1.88. The third-order valence-corrected chi connectivity index (χ3v) is 3.96. The van der Waals surface area contributed by atoms with Crippen LogP contribution in [0.4, 0.5) is 5.69 Å². The smallest absolute Gasteiger partial charge is 0.291 e. The number of nitrogens with zero attached hydrogens (tertiary/aromatic N) is 3. The van der Waals surface area contributed by atoms with Crippen molar-refractivity contribution in [3.8, 4) is 0 Å². The minimum absolute atomic E-state index is 0.0549. The molecular weight excluding hydrogens is 288 g/mol. The van der Waals surface area contributed by atoms with E-state index in [-0.39, 0.29) is 11.6 Å². The number of aromatic nitrogens is 3. The van der Waals surface area contributed by atoms with Crippen LogP contribution in [-0.2, 0) is 6.54 Å². The molecule has 0 saturated heterocycles. The SMILES string of the molecule is CC(Nc1c(Cl)cnn(CC2CC2)c1=O)c1cccnc1. The van der Waals surface area contributed by atoms with Gasteiger partial charge in [-0.15, -0.1) is 0 Å². The predicted molar refractivity (Wildman–Crippen MR) is 82.5 cm³/mol. The summed E-state index contributed by atoms with van der Waals surface area (Å²) in [5, 5.41) is 7.65. The number of hydrogen-bond acceptors (Lipinski definition) is 4. The van der Waals surface area contributed by atoms with E-state index in [0.717, 1.165) is 5.56 Å². The molecule has 0 amide bonds. The van der Waals surface area contributed by atoms with E-state index in [1.165, 1.54) is 23.7 Å². The first kappa shape index (κ1) is 14.1. The van der Waals surface area contributed by atoms with Crippen LogP contribution in [0.25, 0.3) is 0 Å². The van der Waals surface area contributed by atoms with Gasteiger partial charge in [0, 0.05) is 18.9 Å². The van der Waals surface area contributed by atoms with Gasteiger partial charge in [-0.2, -0.15) is 5.10 Å². The van der Waals surface area contributed by atoms with Gasteiger partial charge in [0.25, 0.3) is 5.56 Å². The summed E-state index contributed by atoms with van der Waals surface area (Å²) in [6.45, 7) is 2.64. The highest BCUT2D eigenvalue weighted by atomic mass is 35.5. The number of hydrogen-bond donors (Lipinski definition) is 1. The molecule has 6 heteroatoms. The van der Waals surface area contributed by atoms with E-state index in [9.17, 15) is 4.79 Å². The van der Waals surface area contributed by atoms with Crippen molar-refractivity contribution in [1.82, 2.24) is 14.8 Å². The molecule has 0 aromatic carbocycles. The van der Waals surface area contributed by atoms with E-state index in [2.05, 4.69) is 15.4 Å². The molecule has 2 heterocycles. The standard InChI is InChI=1S/C15H17ClN4O/c1-10(12-3-2-6-17-7-12)19-14-13(16)8-18-20(15(14)21)9-11-4-5-11/h2-3,6-8,10-11,19H,4-5,9H2,1H3. The van der Waals surface area contributed by atoms with Crippen molar-refractivity contribution < 1.29 is 0 Å². The highest BCUT2D eigenvalue weighted by molar-refractivity contribution is 6.33. The van der Waals surface area contributed by atoms with Crippen molar-refractivity contribution in [2.24, 2.45) is 5.92 Å². The van der Waals surface area contributed by atoms with Gasteiger partial charge in [0.1, 0.15) is 5.69 Å². The van der Waals surface area contributed by atoms with Crippen molar-refractivity contribution >= 4 is 17.3 Å². The molecule has 0 radical (unpaired) electrons. The molecular formula is C15H17ClN4O. The summed E-state index contributed by atoms with van der Waals surface area (Å²) in [5.41, 5.74) is 1.24. The summed E-state index contributed by atoms with van der Waals surface area (Å²) < 4.78 is 1.50. The quantitative estimate of drug-likeness (QED) is 0.922. The molecule has 5 nitrogen and oxygen atoms in total. The molecule has 0 bridgehead atoms. The molecule has 1 fully saturated rings. The molecule has 1 atom stereocenters. The van der Waals surface area contributed by atoms with Crippen molar-refractivity contribution in [2.75, 3.05) is 5.32 Å². The topological polar surface area (TPSA) is 59.8 Å². The number of halogens is 1. The second-order valence-electron chi connectivity index (χ2n) is 5.45. The molecule has 0 aliphatic heterocycles. The molecule has 110 valence electrons. The monoisotopic (exact) mass is 304 g/mol. The number of nitrogens with one attached hydrogen (secondary N) is 1. The van der Waals surface area contributed by atoms with Crippen molar-refractivity contribution in [2.45, 2.75) is 32.4 Å². The number of anilines is 1. The fourth-order valence-electron chi connectivity index (χ4n) is 2.21. The molecule has 0 spiro atoms. The first-order valence-corrected chi connectivity index (χ1v) is 7.45. The lowest BCUT2D eigenvalue weighted by Gasteiger charge is -2.16. The Morgan fingerprint density at radius 3 is 2.95 bits per heavy atom. The minimum Gasteiger partial charge on any atom is -0.373 e. The number of pyridine rings is 1.